The van der Waals surface area contributed by atoms with E-state index in [2.05, 4.69) is 45.7 Å². The van der Waals surface area contributed by atoms with Crippen molar-refractivity contribution in [1.82, 2.24) is 19.4 Å². The highest BCUT2D eigenvalue weighted by Gasteiger charge is 2.09. The van der Waals surface area contributed by atoms with E-state index in [1.165, 1.54) is 10.7 Å². The Morgan fingerprint density at radius 3 is 2.78 bits per heavy atom. The minimum atomic E-state index is 0.456. The first-order valence-corrected chi connectivity index (χ1v) is 7.04. The van der Waals surface area contributed by atoms with Crippen molar-refractivity contribution in [2.24, 2.45) is 0 Å². The molecule has 0 atom stereocenters. The lowest BCUT2D eigenvalue weighted by atomic mass is 10.3. The number of aryl methyl sites for hydroxylation is 1. The van der Waals surface area contributed by atoms with E-state index in [1.54, 1.807) is 11.3 Å². The Kier molecular flexibility index (Phi) is 4.14. The van der Waals surface area contributed by atoms with Gasteiger partial charge in [-0.1, -0.05) is 0 Å². The van der Waals surface area contributed by atoms with Crippen molar-refractivity contribution in [2.75, 3.05) is 7.05 Å². The number of imidazole rings is 1. The first-order valence-electron chi connectivity index (χ1n) is 6.16. The van der Waals surface area contributed by atoms with Crippen LogP contribution in [0.5, 0.6) is 0 Å². The summed E-state index contributed by atoms with van der Waals surface area (Å²) in [5.41, 5.74) is 2.36. The van der Waals surface area contributed by atoms with Gasteiger partial charge in [0.1, 0.15) is 5.01 Å². The summed E-state index contributed by atoms with van der Waals surface area (Å²) in [6, 6.07) is 0.456. The van der Waals surface area contributed by atoms with Gasteiger partial charge in [-0.3, -0.25) is 4.90 Å². The van der Waals surface area contributed by atoms with Crippen molar-refractivity contribution in [3.05, 3.63) is 34.3 Å². The minimum absolute atomic E-state index is 0.456. The molecule has 0 spiro atoms. The zero-order chi connectivity index (χ0) is 13.1. The molecule has 0 saturated heterocycles. The Bertz CT molecular complexity index is 501. The molecule has 18 heavy (non-hydrogen) atoms. The topological polar surface area (TPSA) is 34.0 Å². The SMILES string of the molecule is Cc1csc(CN(C)Cc2cncn2C(C)C)n1. The molecule has 2 aromatic heterocycles. The Balaban J connectivity index is 1.98. The zero-order valence-corrected chi connectivity index (χ0v) is 12.2. The van der Waals surface area contributed by atoms with E-state index >= 15 is 0 Å². The van der Waals surface area contributed by atoms with E-state index < -0.39 is 0 Å². The average molecular weight is 264 g/mol. The van der Waals surface area contributed by atoms with Crippen LogP contribution >= 0.6 is 11.3 Å². The normalized spacial score (nSPS) is 11.7. The van der Waals surface area contributed by atoms with Crippen LogP contribution in [0.2, 0.25) is 0 Å². The number of thiazole rings is 1. The van der Waals surface area contributed by atoms with Gasteiger partial charge in [0, 0.05) is 29.9 Å². The van der Waals surface area contributed by atoms with E-state index in [1.807, 2.05) is 19.4 Å². The lowest BCUT2D eigenvalue weighted by molar-refractivity contribution is 0.306. The molecular weight excluding hydrogens is 244 g/mol. The maximum atomic E-state index is 4.49. The van der Waals surface area contributed by atoms with Crippen LogP contribution in [0.15, 0.2) is 17.9 Å². The molecule has 0 saturated carbocycles. The van der Waals surface area contributed by atoms with E-state index in [9.17, 15) is 0 Å². The molecule has 0 aliphatic carbocycles. The van der Waals surface area contributed by atoms with Gasteiger partial charge < -0.3 is 4.57 Å². The van der Waals surface area contributed by atoms with Crippen molar-refractivity contribution < 1.29 is 0 Å². The van der Waals surface area contributed by atoms with Crippen LogP contribution in [0.25, 0.3) is 0 Å². The third-order valence-electron chi connectivity index (χ3n) is 2.81. The fourth-order valence-corrected chi connectivity index (χ4v) is 2.81. The van der Waals surface area contributed by atoms with E-state index in [4.69, 9.17) is 0 Å². The van der Waals surface area contributed by atoms with Gasteiger partial charge in [0.15, 0.2) is 0 Å². The van der Waals surface area contributed by atoms with Crippen molar-refractivity contribution >= 4 is 11.3 Å². The Hall–Kier alpha value is -1.20. The lowest BCUT2D eigenvalue weighted by Gasteiger charge is -2.18. The second-order valence-electron chi connectivity index (χ2n) is 4.94. The third kappa shape index (κ3) is 3.17. The van der Waals surface area contributed by atoms with Crippen LogP contribution in [0.4, 0.5) is 0 Å². The Morgan fingerprint density at radius 2 is 2.17 bits per heavy atom. The maximum Gasteiger partial charge on any atom is 0.107 e. The Labute approximate surface area is 112 Å². The summed E-state index contributed by atoms with van der Waals surface area (Å²) in [5, 5.41) is 3.27. The van der Waals surface area contributed by atoms with Crippen molar-refractivity contribution in [1.29, 1.82) is 0 Å². The van der Waals surface area contributed by atoms with Crippen LogP contribution < -0.4 is 0 Å². The minimum Gasteiger partial charge on any atom is -0.331 e. The highest BCUT2D eigenvalue weighted by Crippen LogP contribution is 2.14. The fraction of sp³-hybridized carbons (Fsp3) is 0.538. The van der Waals surface area contributed by atoms with Crippen LogP contribution in [0, 0.1) is 6.92 Å². The van der Waals surface area contributed by atoms with Gasteiger partial charge in [0.25, 0.3) is 0 Å². The van der Waals surface area contributed by atoms with E-state index in [0.717, 1.165) is 18.8 Å². The molecule has 5 heteroatoms. The summed E-state index contributed by atoms with van der Waals surface area (Å²) in [4.78, 5) is 11.0. The molecule has 0 amide bonds. The summed E-state index contributed by atoms with van der Waals surface area (Å²) in [5.74, 6) is 0. The molecule has 4 nitrogen and oxygen atoms in total. The van der Waals surface area contributed by atoms with Gasteiger partial charge in [0.05, 0.1) is 18.6 Å². The first-order chi connectivity index (χ1) is 8.56. The molecule has 0 unspecified atom stereocenters. The molecular formula is C13H20N4S. The molecule has 0 aliphatic rings. The van der Waals surface area contributed by atoms with Crippen molar-refractivity contribution in [2.45, 2.75) is 39.9 Å². The molecule has 2 heterocycles. The monoisotopic (exact) mass is 264 g/mol. The maximum absolute atomic E-state index is 4.49. The lowest BCUT2D eigenvalue weighted by Crippen LogP contribution is -2.19. The standard InChI is InChI=1S/C13H20N4S/c1-10(2)17-9-14-5-12(17)6-16(4)7-13-15-11(3)8-18-13/h5,8-10H,6-7H2,1-4H3. The van der Waals surface area contributed by atoms with Crippen LogP contribution in [0.3, 0.4) is 0 Å². The van der Waals surface area contributed by atoms with Crippen LogP contribution in [-0.2, 0) is 13.1 Å². The van der Waals surface area contributed by atoms with Gasteiger partial charge >= 0.3 is 0 Å². The molecule has 0 bridgehead atoms. The summed E-state index contributed by atoms with van der Waals surface area (Å²) < 4.78 is 2.21. The molecule has 2 aromatic rings. The van der Waals surface area contributed by atoms with Gasteiger partial charge in [-0.15, -0.1) is 11.3 Å². The van der Waals surface area contributed by atoms with Gasteiger partial charge in [-0.25, -0.2) is 9.97 Å². The molecule has 0 fully saturated rings. The Morgan fingerprint density at radius 1 is 1.39 bits per heavy atom. The van der Waals surface area contributed by atoms with E-state index in [-0.39, 0.29) is 0 Å². The summed E-state index contributed by atoms with van der Waals surface area (Å²) >= 11 is 1.73. The second-order valence-corrected chi connectivity index (χ2v) is 5.88. The number of nitrogens with zero attached hydrogens (tertiary/aromatic N) is 4. The fourth-order valence-electron chi connectivity index (χ4n) is 1.96. The van der Waals surface area contributed by atoms with Crippen LogP contribution in [-0.4, -0.2) is 26.5 Å². The predicted molar refractivity (Wildman–Crippen MR) is 74.6 cm³/mol. The van der Waals surface area contributed by atoms with E-state index in [0.29, 0.717) is 6.04 Å². The smallest absolute Gasteiger partial charge is 0.107 e. The predicted octanol–water partition coefficient (Wildman–Crippen LogP) is 2.86. The highest BCUT2D eigenvalue weighted by molar-refractivity contribution is 7.09. The molecule has 0 radical (unpaired) electrons. The van der Waals surface area contributed by atoms with Gasteiger partial charge in [-0.2, -0.15) is 0 Å². The van der Waals surface area contributed by atoms with Crippen molar-refractivity contribution in [3.8, 4) is 0 Å². The quantitative estimate of drug-likeness (QED) is 0.832. The summed E-state index contributed by atoms with van der Waals surface area (Å²) in [6.07, 6.45) is 3.85. The summed E-state index contributed by atoms with van der Waals surface area (Å²) in [7, 11) is 2.12. The number of aromatic nitrogens is 3. The molecule has 0 N–H and O–H groups in total. The highest BCUT2D eigenvalue weighted by atomic mass is 32.1. The third-order valence-corrected chi connectivity index (χ3v) is 3.76. The number of rotatable bonds is 5. The van der Waals surface area contributed by atoms with Crippen molar-refractivity contribution in [3.63, 3.8) is 0 Å². The summed E-state index contributed by atoms with van der Waals surface area (Å²) in [6.45, 7) is 8.18. The molecule has 0 aromatic carbocycles. The van der Waals surface area contributed by atoms with Crippen LogP contribution in [0.1, 0.15) is 36.3 Å². The van der Waals surface area contributed by atoms with Gasteiger partial charge in [0.2, 0.25) is 0 Å². The van der Waals surface area contributed by atoms with Gasteiger partial charge in [-0.05, 0) is 27.8 Å². The first kappa shape index (κ1) is 13.2. The largest absolute Gasteiger partial charge is 0.331 e. The number of hydrogen-bond donors (Lipinski definition) is 0. The number of hydrogen-bond acceptors (Lipinski definition) is 4. The molecule has 2 rings (SSSR count). The molecule has 98 valence electrons. The second kappa shape index (κ2) is 5.63. The molecule has 0 aliphatic heterocycles. The average Bonchev–Trinajstić information content (AvgIpc) is 2.87. The zero-order valence-electron chi connectivity index (χ0n) is 11.4.